The SMILES string of the molecule is CC[C@@H]1C(=O)N(C)c2cnc(Nc3ccc(-c4cn(C5CCC(N(CCOCCC#Cc6cccc7c6CN(C6CCC(=O)NC6=O)C7=O)C(=O)OCc6ccc(NC(=O)[C@H](CCCNC(N)=O)NC(=O)[C@@H](NC(=O)CCOCCOCCOCCOCCN7C(=O)C=CC7=O)C(C)C)cc6)CC5)nn4)cc3OC)nc2N1C1CCCC1. The van der Waals surface area contributed by atoms with Gasteiger partial charge in [-0.25, -0.2) is 19.3 Å². The molecule has 6 heterocycles. The minimum Gasteiger partial charge on any atom is -0.495 e. The Morgan fingerprint density at radius 2 is 1.50 bits per heavy atom. The van der Waals surface area contributed by atoms with Crippen LogP contribution in [-0.4, -0.2) is 241 Å². The highest BCUT2D eigenvalue weighted by molar-refractivity contribution is 6.13. The molecule has 1 unspecified atom stereocenters. The van der Waals surface area contributed by atoms with Crippen LogP contribution in [0.5, 0.6) is 5.75 Å². The maximum absolute atomic E-state index is 14.4. The summed E-state index contributed by atoms with van der Waals surface area (Å²) in [7, 11) is 3.36. The number of hydrogen-bond acceptors (Lipinski definition) is 24. The van der Waals surface area contributed by atoms with E-state index in [1.165, 1.54) is 17.1 Å². The summed E-state index contributed by atoms with van der Waals surface area (Å²) in [5.74, 6) is 4.10. The molecule has 626 valence electrons. The summed E-state index contributed by atoms with van der Waals surface area (Å²) in [4.78, 5) is 160. The van der Waals surface area contributed by atoms with Gasteiger partial charge in [-0.05, 0) is 118 Å². The summed E-state index contributed by atoms with van der Waals surface area (Å²) in [6.07, 6.45) is 13.9. The third-order valence-electron chi connectivity index (χ3n) is 21.4. The van der Waals surface area contributed by atoms with Crippen molar-refractivity contribution in [2.24, 2.45) is 11.7 Å². The van der Waals surface area contributed by atoms with Gasteiger partial charge in [-0.3, -0.25) is 53.4 Å². The first kappa shape index (κ1) is 86.4. The van der Waals surface area contributed by atoms with E-state index in [0.29, 0.717) is 108 Å². The van der Waals surface area contributed by atoms with Gasteiger partial charge >= 0.3 is 12.1 Å². The molecule has 1 saturated heterocycles. The van der Waals surface area contributed by atoms with Gasteiger partial charge in [0, 0.05) is 92.6 Å². The fourth-order valence-corrected chi connectivity index (χ4v) is 15.1. The number of methoxy groups -OCH3 is 1. The van der Waals surface area contributed by atoms with Crippen LogP contribution in [0.1, 0.15) is 150 Å². The van der Waals surface area contributed by atoms with Crippen LogP contribution in [0.15, 0.2) is 85.2 Å². The highest BCUT2D eigenvalue weighted by Gasteiger charge is 2.43. The quantitative estimate of drug-likeness (QED) is 0.0140. The molecule has 12 amide bonds. The molecular weight excluding hydrogens is 1510 g/mol. The van der Waals surface area contributed by atoms with E-state index in [-0.39, 0.29) is 171 Å². The highest BCUT2D eigenvalue weighted by Crippen LogP contribution is 2.42. The van der Waals surface area contributed by atoms with E-state index in [0.717, 1.165) is 42.0 Å². The number of nitrogens with zero attached hydrogens (tertiary/aromatic N) is 10. The van der Waals surface area contributed by atoms with Crippen LogP contribution in [0.2, 0.25) is 0 Å². The molecule has 8 N–H and O–H groups in total. The average Bonchev–Trinajstić information content (AvgIpc) is 1.71. The number of ether oxygens (including phenoxy) is 7. The van der Waals surface area contributed by atoms with Crippen molar-refractivity contribution < 1.29 is 85.9 Å². The molecule has 0 bridgehead atoms. The van der Waals surface area contributed by atoms with Gasteiger partial charge in [-0.15, -0.1) is 5.10 Å². The van der Waals surface area contributed by atoms with Crippen LogP contribution in [0.4, 0.5) is 38.4 Å². The Bertz CT molecular complexity index is 4440. The molecule has 3 fully saturated rings. The molecule has 35 nitrogen and oxygen atoms in total. The second kappa shape index (κ2) is 42.4. The highest BCUT2D eigenvalue weighted by atomic mass is 16.6. The zero-order chi connectivity index (χ0) is 82.9. The van der Waals surface area contributed by atoms with Gasteiger partial charge in [0.15, 0.2) is 5.82 Å². The first-order valence-electron chi connectivity index (χ1n) is 40.1. The zero-order valence-corrected chi connectivity index (χ0v) is 66.8. The van der Waals surface area contributed by atoms with E-state index in [9.17, 15) is 52.7 Å². The Balaban J connectivity index is 0.672. The third kappa shape index (κ3) is 23.2. The first-order valence-corrected chi connectivity index (χ1v) is 40.1. The normalized spacial score (nSPS) is 18.4. The number of aromatic nitrogens is 5. The maximum atomic E-state index is 14.4. The fraction of sp³-hybridized carbons (Fsp3) is 0.524. The lowest BCUT2D eigenvalue weighted by Gasteiger charge is -2.43. The number of imide groups is 2. The van der Waals surface area contributed by atoms with Gasteiger partial charge in [0.25, 0.3) is 17.7 Å². The third-order valence-corrected chi connectivity index (χ3v) is 21.4. The van der Waals surface area contributed by atoms with E-state index >= 15 is 0 Å². The lowest BCUT2D eigenvalue weighted by Crippen LogP contribution is -2.55. The minimum atomic E-state index is -1.12. The molecule has 2 aromatic heterocycles. The van der Waals surface area contributed by atoms with E-state index in [1.807, 2.05) is 42.1 Å². The van der Waals surface area contributed by atoms with Gasteiger partial charge in [0.2, 0.25) is 41.4 Å². The van der Waals surface area contributed by atoms with Gasteiger partial charge in [0.05, 0.1) is 104 Å². The molecule has 2 aliphatic carbocycles. The monoisotopic (exact) mass is 1620 g/mol. The van der Waals surface area contributed by atoms with Crippen LogP contribution in [0, 0.1) is 17.8 Å². The summed E-state index contributed by atoms with van der Waals surface area (Å²) < 4.78 is 42.0. The van der Waals surface area contributed by atoms with Crippen molar-refractivity contribution in [2.75, 3.05) is 120 Å². The van der Waals surface area contributed by atoms with Crippen molar-refractivity contribution in [1.82, 2.24) is 60.9 Å². The molecule has 0 radical (unpaired) electrons. The number of benzene rings is 3. The number of carbonyl (C=O) groups excluding carboxylic acids is 11. The summed E-state index contributed by atoms with van der Waals surface area (Å²) in [5.41, 5.74) is 10.8. The summed E-state index contributed by atoms with van der Waals surface area (Å²) in [6, 6.07) is 13.6. The number of rotatable bonds is 41. The average molecular weight is 1620 g/mol. The van der Waals surface area contributed by atoms with Crippen molar-refractivity contribution in [3.05, 3.63) is 107 Å². The zero-order valence-electron chi connectivity index (χ0n) is 66.8. The van der Waals surface area contributed by atoms with E-state index in [2.05, 4.69) is 63.9 Å². The minimum absolute atomic E-state index is 0.0377. The number of fused-ring (bicyclic) bond motifs is 2. The maximum Gasteiger partial charge on any atom is 0.410 e. The predicted octanol–water partition coefficient (Wildman–Crippen LogP) is 5.73. The van der Waals surface area contributed by atoms with E-state index in [1.54, 1.807) is 80.4 Å². The molecule has 4 aliphatic heterocycles. The number of likely N-dealkylation sites (N-methyl/N-ethyl adjacent to an activating group) is 1. The molecule has 4 atom stereocenters. The Hall–Kier alpha value is -11.4. The van der Waals surface area contributed by atoms with Gasteiger partial charge in [-0.2, -0.15) is 4.98 Å². The largest absolute Gasteiger partial charge is 0.495 e. The molecule has 6 aliphatic rings. The molecule has 11 rings (SSSR count). The van der Waals surface area contributed by atoms with E-state index in [4.69, 9.17) is 43.9 Å². The first-order chi connectivity index (χ1) is 56.7. The second-order valence-electron chi connectivity index (χ2n) is 29.6. The number of amides is 12. The number of urea groups is 1. The number of piperidine rings is 1. The number of nitrogens with two attached hydrogens (primary N) is 1. The van der Waals surface area contributed by atoms with Crippen molar-refractivity contribution in [1.29, 1.82) is 0 Å². The van der Waals surface area contributed by atoms with Crippen molar-refractivity contribution >= 4 is 94.1 Å². The Labute approximate surface area is 678 Å². The summed E-state index contributed by atoms with van der Waals surface area (Å²) in [6.45, 7) is 8.27. The summed E-state index contributed by atoms with van der Waals surface area (Å²) in [5, 5.41) is 25.8. The smallest absolute Gasteiger partial charge is 0.410 e. The molecule has 0 spiro atoms. The Kier molecular flexibility index (Phi) is 31.3. The number of hydrogen-bond donors (Lipinski definition) is 7. The second-order valence-corrected chi connectivity index (χ2v) is 29.6. The van der Waals surface area contributed by atoms with Crippen molar-refractivity contribution in [3.8, 4) is 28.8 Å². The predicted molar refractivity (Wildman–Crippen MR) is 427 cm³/mol. The topological polar surface area (TPSA) is 423 Å². The van der Waals surface area contributed by atoms with Crippen LogP contribution in [-0.2, 0) is 79.9 Å². The summed E-state index contributed by atoms with van der Waals surface area (Å²) >= 11 is 0. The van der Waals surface area contributed by atoms with Gasteiger partial charge < -0.3 is 85.1 Å². The molecule has 35 heteroatoms. The van der Waals surface area contributed by atoms with Crippen LogP contribution in [0.3, 0.4) is 0 Å². The molecule has 3 aromatic carbocycles. The Morgan fingerprint density at radius 3 is 2.19 bits per heavy atom. The molecule has 2 saturated carbocycles. The van der Waals surface area contributed by atoms with Gasteiger partial charge in [0.1, 0.15) is 47.9 Å². The fourth-order valence-electron chi connectivity index (χ4n) is 15.1. The standard InChI is InChI=1S/C82H105N17O18/c1-6-65-79(108)94(4)67-48-85-81(91-74(67)99(65)59-15-7-8-16-59)88-62-28-21-55(47-68(62)111-5)64-50-98(93-92-64)58-26-24-57(25-27-58)95(35-39-112-37-10-9-13-54-14-11-17-60-61(54)49-97(78(60)107)66-29-30-69(100)90-76(66)105)82(110)117-51-53-19-22-56(23-20-53)86-75(104)63(18-12-34-84-80(83)109)87-77(106)73(52(2)3)89-70(101)33-38-113-41-43-115-45-46-116-44-42-114-40-36-96-71(102)31-32-72(96)103/h11,14,17,19-23,28,31-32,47-48,50,52,57-59,63,65-66,73H,6-8,10,12,15-16,18,24-27,29-30,33-46,49,51H2,1-5H3,(H,86,104)(H,87,106)(H,89,101)(H3,83,84,109)(H,85,88,91)(H,90,100,105)/t57?,58?,63-,65+,66?,73-/m0/s1. The molecular formula is C82H105N17O18. The van der Waals surface area contributed by atoms with Crippen LogP contribution < -0.4 is 52.2 Å². The van der Waals surface area contributed by atoms with Crippen molar-refractivity contribution in [3.63, 3.8) is 0 Å². The van der Waals surface area contributed by atoms with E-state index < -0.39 is 59.8 Å². The van der Waals surface area contributed by atoms with Crippen LogP contribution in [0.25, 0.3) is 11.3 Å². The number of carbonyl (C=O) groups is 11. The number of primary amides is 1. The van der Waals surface area contributed by atoms with Crippen LogP contribution >= 0.6 is 0 Å². The number of nitrogens with one attached hydrogen (secondary N) is 6. The Morgan fingerprint density at radius 1 is 0.786 bits per heavy atom. The number of anilines is 5. The van der Waals surface area contributed by atoms with Crippen molar-refractivity contribution in [2.45, 2.75) is 173 Å². The van der Waals surface area contributed by atoms with Gasteiger partial charge in [-0.1, -0.05) is 74.9 Å². The lowest BCUT2D eigenvalue weighted by atomic mass is 9.90. The molecule has 5 aromatic rings. The lowest BCUT2D eigenvalue weighted by molar-refractivity contribution is -0.138. The molecule has 117 heavy (non-hydrogen) atoms.